The van der Waals surface area contributed by atoms with E-state index in [1.54, 1.807) is 12.4 Å². The van der Waals surface area contributed by atoms with Gasteiger partial charge in [0.2, 0.25) is 0 Å². The second-order valence-corrected chi connectivity index (χ2v) is 3.85. The summed E-state index contributed by atoms with van der Waals surface area (Å²) in [5.74, 6) is -0.954. The van der Waals surface area contributed by atoms with E-state index in [9.17, 15) is 8.78 Å². The number of benzene rings is 1. The molecule has 0 amide bonds. The SMILES string of the molecule is CCNCc1cnc(-c2cc(F)cc(F)c2)nc1. The largest absolute Gasteiger partial charge is 0.313 e. The molecule has 0 bridgehead atoms. The second-order valence-electron chi connectivity index (χ2n) is 3.85. The van der Waals surface area contributed by atoms with Crippen molar-refractivity contribution in [3.8, 4) is 11.4 Å². The minimum atomic E-state index is -0.634. The van der Waals surface area contributed by atoms with E-state index in [1.165, 1.54) is 12.1 Å². The van der Waals surface area contributed by atoms with E-state index in [4.69, 9.17) is 0 Å². The van der Waals surface area contributed by atoms with Crippen molar-refractivity contribution in [3.63, 3.8) is 0 Å². The van der Waals surface area contributed by atoms with Crippen LogP contribution in [-0.2, 0) is 6.54 Å². The van der Waals surface area contributed by atoms with Gasteiger partial charge in [0.1, 0.15) is 11.6 Å². The number of hydrogen-bond donors (Lipinski definition) is 1. The molecule has 0 radical (unpaired) electrons. The lowest BCUT2D eigenvalue weighted by molar-refractivity contribution is 0.584. The maximum Gasteiger partial charge on any atom is 0.159 e. The maximum absolute atomic E-state index is 13.1. The lowest BCUT2D eigenvalue weighted by Crippen LogP contribution is -2.12. The predicted octanol–water partition coefficient (Wildman–Crippen LogP) is 2.53. The van der Waals surface area contributed by atoms with E-state index in [0.29, 0.717) is 17.9 Å². The molecule has 1 aromatic heterocycles. The number of nitrogens with one attached hydrogen (secondary N) is 1. The molecule has 0 aliphatic rings. The molecule has 1 heterocycles. The molecule has 94 valence electrons. The fourth-order valence-corrected chi connectivity index (χ4v) is 1.55. The molecule has 3 nitrogen and oxygen atoms in total. The highest BCUT2D eigenvalue weighted by Gasteiger charge is 2.05. The lowest BCUT2D eigenvalue weighted by Gasteiger charge is -2.03. The van der Waals surface area contributed by atoms with Gasteiger partial charge in [-0.25, -0.2) is 18.7 Å². The maximum atomic E-state index is 13.1. The highest BCUT2D eigenvalue weighted by Crippen LogP contribution is 2.17. The molecule has 18 heavy (non-hydrogen) atoms. The Kier molecular flexibility index (Phi) is 3.94. The van der Waals surface area contributed by atoms with Gasteiger partial charge >= 0.3 is 0 Å². The third-order valence-electron chi connectivity index (χ3n) is 2.41. The summed E-state index contributed by atoms with van der Waals surface area (Å²) in [6.07, 6.45) is 3.29. The smallest absolute Gasteiger partial charge is 0.159 e. The third kappa shape index (κ3) is 3.07. The monoisotopic (exact) mass is 249 g/mol. The third-order valence-corrected chi connectivity index (χ3v) is 2.41. The van der Waals surface area contributed by atoms with Crippen LogP contribution >= 0.6 is 0 Å². The molecule has 1 N–H and O–H groups in total. The van der Waals surface area contributed by atoms with Gasteiger partial charge in [0.15, 0.2) is 5.82 Å². The van der Waals surface area contributed by atoms with E-state index < -0.39 is 11.6 Å². The lowest BCUT2D eigenvalue weighted by atomic mass is 10.2. The predicted molar refractivity (Wildman–Crippen MR) is 64.8 cm³/mol. The summed E-state index contributed by atoms with van der Waals surface area (Å²) < 4.78 is 26.1. The van der Waals surface area contributed by atoms with Crippen molar-refractivity contribution in [1.29, 1.82) is 0 Å². The second kappa shape index (κ2) is 5.64. The van der Waals surface area contributed by atoms with Gasteiger partial charge in [0.25, 0.3) is 0 Å². The molecular formula is C13H13F2N3. The zero-order valence-electron chi connectivity index (χ0n) is 9.95. The summed E-state index contributed by atoms with van der Waals surface area (Å²) >= 11 is 0. The van der Waals surface area contributed by atoms with Crippen LogP contribution in [0.25, 0.3) is 11.4 Å². The van der Waals surface area contributed by atoms with Crippen molar-refractivity contribution in [2.75, 3.05) is 6.54 Å². The molecule has 0 saturated carbocycles. The fourth-order valence-electron chi connectivity index (χ4n) is 1.55. The van der Waals surface area contributed by atoms with Gasteiger partial charge < -0.3 is 5.32 Å². The zero-order chi connectivity index (χ0) is 13.0. The number of nitrogens with zero attached hydrogens (tertiary/aromatic N) is 2. The molecule has 0 saturated heterocycles. The number of hydrogen-bond acceptors (Lipinski definition) is 3. The first-order chi connectivity index (χ1) is 8.69. The first kappa shape index (κ1) is 12.6. The van der Waals surface area contributed by atoms with Crippen LogP contribution < -0.4 is 5.32 Å². The summed E-state index contributed by atoms with van der Waals surface area (Å²) in [5.41, 5.74) is 1.26. The van der Waals surface area contributed by atoms with Crippen molar-refractivity contribution in [3.05, 3.63) is 47.8 Å². The van der Waals surface area contributed by atoms with Crippen molar-refractivity contribution < 1.29 is 8.78 Å². The summed E-state index contributed by atoms with van der Waals surface area (Å²) in [7, 11) is 0. The molecule has 0 atom stereocenters. The Morgan fingerprint density at radius 1 is 1.06 bits per heavy atom. The molecular weight excluding hydrogens is 236 g/mol. The van der Waals surface area contributed by atoms with E-state index in [2.05, 4.69) is 15.3 Å². The summed E-state index contributed by atoms with van der Waals surface area (Å²) in [6, 6.07) is 3.24. The number of rotatable bonds is 4. The van der Waals surface area contributed by atoms with Crippen molar-refractivity contribution in [1.82, 2.24) is 15.3 Å². The Morgan fingerprint density at radius 3 is 2.22 bits per heavy atom. The molecule has 5 heteroatoms. The molecule has 1 aromatic carbocycles. The van der Waals surface area contributed by atoms with Crippen molar-refractivity contribution in [2.24, 2.45) is 0 Å². The average Bonchev–Trinajstić information content (AvgIpc) is 2.36. The Bertz CT molecular complexity index is 506. The summed E-state index contributed by atoms with van der Waals surface area (Å²) in [4.78, 5) is 8.20. The normalized spacial score (nSPS) is 10.6. The van der Waals surface area contributed by atoms with E-state index in [0.717, 1.165) is 18.2 Å². The molecule has 0 aliphatic carbocycles. The first-order valence-corrected chi connectivity index (χ1v) is 5.67. The number of halogens is 2. The quantitative estimate of drug-likeness (QED) is 0.904. The molecule has 0 fully saturated rings. The van der Waals surface area contributed by atoms with Gasteiger partial charge in [-0.1, -0.05) is 6.92 Å². The molecule has 0 aliphatic heterocycles. The summed E-state index contributed by atoms with van der Waals surface area (Å²) in [5, 5.41) is 3.14. The average molecular weight is 249 g/mol. The highest BCUT2D eigenvalue weighted by atomic mass is 19.1. The van der Waals surface area contributed by atoms with Crippen LogP contribution in [-0.4, -0.2) is 16.5 Å². The van der Waals surface area contributed by atoms with E-state index in [1.807, 2.05) is 6.92 Å². The Labute approximate surface area is 104 Å². The van der Waals surface area contributed by atoms with Crippen LogP contribution in [0.2, 0.25) is 0 Å². The van der Waals surface area contributed by atoms with Crippen LogP contribution in [0.4, 0.5) is 8.78 Å². The Morgan fingerprint density at radius 2 is 1.67 bits per heavy atom. The Balaban J connectivity index is 2.23. The van der Waals surface area contributed by atoms with Gasteiger partial charge in [0.05, 0.1) is 0 Å². The topological polar surface area (TPSA) is 37.8 Å². The van der Waals surface area contributed by atoms with Gasteiger partial charge in [-0.15, -0.1) is 0 Å². The minimum Gasteiger partial charge on any atom is -0.313 e. The fraction of sp³-hybridized carbons (Fsp3) is 0.231. The number of aromatic nitrogens is 2. The van der Waals surface area contributed by atoms with Crippen LogP contribution in [0, 0.1) is 11.6 Å². The van der Waals surface area contributed by atoms with E-state index >= 15 is 0 Å². The highest BCUT2D eigenvalue weighted by molar-refractivity contribution is 5.54. The van der Waals surface area contributed by atoms with E-state index in [-0.39, 0.29) is 0 Å². The van der Waals surface area contributed by atoms with Crippen LogP contribution in [0.5, 0.6) is 0 Å². The van der Waals surface area contributed by atoms with Crippen LogP contribution in [0.15, 0.2) is 30.6 Å². The van der Waals surface area contributed by atoms with Gasteiger partial charge in [0, 0.05) is 36.1 Å². The van der Waals surface area contributed by atoms with Gasteiger partial charge in [-0.2, -0.15) is 0 Å². The zero-order valence-corrected chi connectivity index (χ0v) is 9.95. The molecule has 2 aromatic rings. The first-order valence-electron chi connectivity index (χ1n) is 5.67. The standard InChI is InChI=1S/C13H13F2N3/c1-2-16-6-9-7-17-13(18-8-9)10-3-11(14)5-12(15)4-10/h3-5,7-8,16H,2,6H2,1H3. The summed E-state index contributed by atoms with van der Waals surface area (Å²) in [6.45, 7) is 3.54. The molecule has 0 unspecified atom stereocenters. The van der Waals surface area contributed by atoms with Gasteiger partial charge in [-0.3, -0.25) is 0 Å². The van der Waals surface area contributed by atoms with Crippen molar-refractivity contribution in [2.45, 2.75) is 13.5 Å². The van der Waals surface area contributed by atoms with Crippen LogP contribution in [0.3, 0.4) is 0 Å². The Hall–Kier alpha value is -1.88. The van der Waals surface area contributed by atoms with Crippen molar-refractivity contribution >= 4 is 0 Å². The molecule has 0 spiro atoms. The van der Waals surface area contributed by atoms with Crippen LogP contribution in [0.1, 0.15) is 12.5 Å². The minimum absolute atomic E-state index is 0.314. The molecule has 2 rings (SSSR count). The van der Waals surface area contributed by atoms with Gasteiger partial charge in [-0.05, 0) is 18.7 Å².